The van der Waals surface area contributed by atoms with Gasteiger partial charge in [-0.15, -0.1) is 0 Å². The second-order valence-electron chi connectivity index (χ2n) is 8.87. The predicted octanol–water partition coefficient (Wildman–Crippen LogP) is 3.52. The first-order chi connectivity index (χ1) is 16.5. The number of nitrogens with zero attached hydrogens (tertiary/aromatic N) is 5. The molecular formula is C24H22ClN7O2. The first-order valence-electron chi connectivity index (χ1n) is 11.4. The van der Waals surface area contributed by atoms with E-state index in [0.29, 0.717) is 27.8 Å². The zero-order valence-electron chi connectivity index (χ0n) is 18.5. The van der Waals surface area contributed by atoms with Crippen LogP contribution in [0.25, 0.3) is 17.2 Å². The Hall–Kier alpha value is -3.59. The molecule has 5 heterocycles. The van der Waals surface area contributed by atoms with Crippen molar-refractivity contribution in [3.63, 3.8) is 0 Å². The van der Waals surface area contributed by atoms with Crippen molar-refractivity contribution in [1.29, 1.82) is 0 Å². The van der Waals surface area contributed by atoms with Crippen molar-refractivity contribution in [3.8, 4) is 11.5 Å². The van der Waals surface area contributed by atoms with E-state index < -0.39 is 5.41 Å². The minimum Gasteiger partial charge on any atom is -0.309 e. The molecule has 0 saturated heterocycles. The van der Waals surface area contributed by atoms with Crippen molar-refractivity contribution < 1.29 is 4.79 Å². The Morgan fingerprint density at radius 3 is 2.79 bits per heavy atom. The van der Waals surface area contributed by atoms with Gasteiger partial charge in [0.15, 0.2) is 11.5 Å². The summed E-state index contributed by atoms with van der Waals surface area (Å²) >= 11 is 6.04. The number of unbranched alkanes of at least 4 members (excludes halogenated alkanes) is 1. The van der Waals surface area contributed by atoms with Gasteiger partial charge in [0.2, 0.25) is 5.91 Å². The van der Waals surface area contributed by atoms with E-state index in [-0.39, 0.29) is 23.2 Å². The van der Waals surface area contributed by atoms with Crippen LogP contribution in [-0.4, -0.2) is 35.2 Å². The summed E-state index contributed by atoms with van der Waals surface area (Å²) < 4.78 is 1.88. The van der Waals surface area contributed by atoms with E-state index in [2.05, 4.69) is 32.2 Å². The van der Waals surface area contributed by atoms with Crippen molar-refractivity contribution >= 4 is 29.0 Å². The second-order valence-corrected chi connectivity index (χ2v) is 9.31. The molecule has 0 aromatic carbocycles. The van der Waals surface area contributed by atoms with Crippen molar-refractivity contribution in [2.24, 2.45) is 5.92 Å². The Bertz CT molecular complexity index is 1490. The van der Waals surface area contributed by atoms with Crippen LogP contribution in [-0.2, 0) is 16.6 Å². The average molecular weight is 476 g/mol. The topological polar surface area (TPSA) is 118 Å². The number of carbonyl (C=O) groups excluding carboxylic acids is 1. The molecule has 0 radical (unpaired) electrons. The Morgan fingerprint density at radius 2 is 2.06 bits per heavy atom. The van der Waals surface area contributed by atoms with Gasteiger partial charge in [-0.1, -0.05) is 24.9 Å². The fraction of sp³-hybridized carbons (Fsp3) is 0.333. The summed E-state index contributed by atoms with van der Waals surface area (Å²) in [4.78, 5) is 48.1. The zero-order chi connectivity index (χ0) is 23.4. The molecule has 6 rings (SSSR count). The number of hydrogen-bond acceptors (Lipinski definition) is 6. The minimum absolute atomic E-state index is 0.0164. The third kappa shape index (κ3) is 3.07. The Kier molecular flexibility index (Phi) is 4.77. The standard InChI is InChI=1S/C24H22ClN7O2/c1-2-3-4-15-21-26-9-10-32(21)12-16(28-15)19-29-20-18(22(33)30-19)24(13-5-6-13,23(34)31-20)17-8-7-14(25)11-27-17/h7-13H,2-6H2,1H3,(H2,29,30,31,33,34). The summed E-state index contributed by atoms with van der Waals surface area (Å²) in [6.45, 7) is 2.12. The molecule has 1 aliphatic carbocycles. The molecule has 2 N–H and O–H groups in total. The van der Waals surface area contributed by atoms with E-state index in [1.54, 1.807) is 24.5 Å². The number of aryl methyl sites for hydroxylation is 1. The molecule has 10 heteroatoms. The molecule has 34 heavy (non-hydrogen) atoms. The molecule has 1 saturated carbocycles. The number of aromatic nitrogens is 6. The fourth-order valence-electron chi connectivity index (χ4n) is 4.96. The highest BCUT2D eigenvalue weighted by Crippen LogP contribution is 2.54. The molecule has 1 aliphatic heterocycles. The number of carbonyl (C=O) groups is 1. The van der Waals surface area contributed by atoms with Gasteiger partial charge < -0.3 is 14.7 Å². The highest BCUT2D eigenvalue weighted by Gasteiger charge is 2.60. The molecule has 1 unspecified atom stereocenters. The third-order valence-corrected chi connectivity index (χ3v) is 6.90. The maximum absolute atomic E-state index is 13.5. The van der Waals surface area contributed by atoms with Gasteiger partial charge in [0.05, 0.1) is 22.0 Å². The number of pyridine rings is 1. The molecule has 172 valence electrons. The number of aromatic amines is 1. The number of imidazole rings is 1. The lowest BCUT2D eigenvalue weighted by Crippen LogP contribution is -2.42. The zero-order valence-corrected chi connectivity index (χ0v) is 19.3. The maximum atomic E-state index is 13.5. The SMILES string of the molecule is CCCCc1nc(-c2nc3c(c(=O)[nH]2)C(c2ccc(Cl)cn2)(C2CC2)C(=O)N3)cn2ccnc12. The molecule has 9 nitrogen and oxygen atoms in total. The van der Waals surface area contributed by atoms with Gasteiger partial charge in [-0.05, 0) is 43.7 Å². The van der Waals surface area contributed by atoms with E-state index in [4.69, 9.17) is 16.6 Å². The van der Waals surface area contributed by atoms with E-state index in [0.717, 1.165) is 43.4 Å². The van der Waals surface area contributed by atoms with E-state index in [9.17, 15) is 9.59 Å². The molecule has 0 spiro atoms. The van der Waals surface area contributed by atoms with Gasteiger partial charge in [0.1, 0.15) is 16.9 Å². The van der Waals surface area contributed by atoms with Crippen LogP contribution in [0.3, 0.4) is 0 Å². The highest BCUT2D eigenvalue weighted by molar-refractivity contribution is 6.30. The molecule has 1 fully saturated rings. The van der Waals surface area contributed by atoms with Crippen molar-refractivity contribution in [1.82, 2.24) is 29.3 Å². The summed E-state index contributed by atoms with van der Waals surface area (Å²) in [5.41, 5.74) is 1.42. The number of H-pyrrole nitrogens is 1. The van der Waals surface area contributed by atoms with Gasteiger partial charge in [-0.25, -0.2) is 15.0 Å². The van der Waals surface area contributed by atoms with Crippen molar-refractivity contribution in [2.75, 3.05) is 5.32 Å². The lowest BCUT2D eigenvalue weighted by atomic mass is 9.74. The quantitative estimate of drug-likeness (QED) is 0.440. The Labute approximate surface area is 199 Å². The molecule has 0 bridgehead atoms. The predicted molar refractivity (Wildman–Crippen MR) is 127 cm³/mol. The van der Waals surface area contributed by atoms with Crippen molar-refractivity contribution in [2.45, 2.75) is 44.4 Å². The van der Waals surface area contributed by atoms with Crippen LogP contribution in [0.2, 0.25) is 5.02 Å². The smallest absolute Gasteiger partial charge is 0.258 e. The van der Waals surface area contributed by atoms with Crippen LogP contribution in [0.1, 0.15) is 49.6 Å². The number of anilines is 1. The van der Waals surface area contributed by atoms with E-state index in [1.807, 2.05) is 10.6 Å². The first-order valence-corrected chi connectivity index (χ1v) is 11.8. The molecular weight excluding hydrogens is 454 g/mol. The molecule has 4 aromatic rings. The summed E-state index contributed by atoms with van der Waals surface area (Å²) in [7, 11) is 0. The lowest BCUT2D eigenvalue weighted by molar-refractivity contribution is -0.120. The Morgan fingerprint density at radius 1 is 1.21 bits per heavy atom. The Balaban J connectivity index is 1.51. The number of nitrogens with one attached hydrogen (secondary N) is 2. The van der Waals surface area contributed by atoms with Crippen LogP contribution >= 0.6 is 11.6 Å². The minimum atomic E-state index is -1.17. The summed E-state index contributed by atoms with van der Waals surface area (Å²) in [5, 5.41) is 3.33. The molecule has 1 atom stereocenters. The van der Waals surface area contributed by atoms with Crippen LogP contribution < -0.4 is 10.9 Å². The largest absolute Gasteiger partial charge is 0.309 e. The second kappa shape index (κ2) is 7.73. The highest BCUT2D eigenvalue weighted by atomic mass is 35.5. The number of halogens is 1. The van der Waals surface area contributed by atoms with Gasteiger partial charge in [-0.3, -0.25) is 14.6 Å². The summed E-state index contributed by atoms with van der Waals surface area (Å²) in [6.07, 6.45) is 11.3. The summed E-state index contributed by atoms with van der Waals surface area (Å²) in [5.74, 6) is 0.261. The van der Waals surface area contributed by atoms with E-state index in [1.165, 1.54) is 6.20 Å². The average Bonchev–Trinajstić information content (AvgIpc) is 3.48. The number of rotatable bonds is 6. The monoisotopic (exact) mass is 475 g/mol. The number of hydrogen-bond donors (Lipinski definition) is 2. The third-order valence-electron chi connectivity index (χ3n) is 6.68. The number of fused-ring (bicyclic) bond motifs is 2. The van der Waals surface area contributed by atoms with Gasteiger partial charge >= 0.3 is 0 Å². The molecule has 4 aromatic heterocycles. The van der Waals surface area contributed by atoms with Crippen molar-refractivity contribution in [3.05, 3.63) is 69.2 Å². The maximum Gasteiger partial charge on any atom is 0.258 e. The molecule has 1 amide bonds. The summed E-state index contributed by atoms with van der Waals surface area (Å²) in [6, 6.07) is 3.41. The van der Waals surface area contributed by atoms with Crippen LogP contribution in [0.15, 0.2) is 41.7 Å². The normalized spacial score (nSPS) is 19.4. The fourth-order valence-corrected chi connectivity index (χ4v) is 5.07. The molecule has 2 aliphatic rings. The van der Waals surface area contributed by atoms with Gasteiger partial charge in [-0.2, -0.15) is 0 Å². The van der Waals surface area contributed by atoms with Crippen LogP contribution in [0, 0.1) is 5.92 Å². The van der Waals surface area contributed by atoms with Gasteiger partial charge in [0, 0.05) is 24.8 Å². The first kappa shape index (κ1) is 21.0. The van der Waals surface area contributed by atoms with Gasteiger partial charge in [0.25, 0.3) is 5.56 Å². The van der Waals surface area contributed by atoms with Crippen LogP contribution in [0.5, 0.6) is 0 Å². The van der Waals surface area contributed by atoms with E-state index >= 15 is 0 Å². The number of amides is 1. The lowest BCUT2D eigenvalue weighted by Gasteiger charge is -2.25. The van der Waals surface area contributed by atoms with Crippen LogP contribution in [0.4, 0.5) is 5.82 Å².